The molecule has 1 aliphatic heterocycles. The first-order valence-electron chi connectivity index (χ1n) is 10.8. The molecule has 1 atom stereocenters. The number of carbonyl (C=O) groups is 2. The van der Waals surface area contributed by atoms with Gasteiger partial charge >= 0.3 is 12.0 Å². The predicted octanol–water partition coefficient (Wildman–Crippen LogP) is 4.96. The van der Waals surface area contributed by atoms with Gasteiger partial charge in [0.1, 0.15) is 5.75 Å². The van der Waals surface area contributed by atoms with E-state index in [0.29, 0.717) is 12.3 Å². The van der Waals surface area contributed by atoms with E-state index in [4.69, 9.17) is 4.74 Å². The molecule has 3 rings (SSSR count). The Morgan fingerprint density at radius 1 is 1.22 bits per heavy atom. The number of hydrogen-bond acceptors (Lipinski definition) is 3. The number of aryl methyl sites for hydroxylation is 2. The summed E-state index contributed by atoms with van der Waals surface area (Å²) in [5, 5.41) is 12.3. The van der Waals surface area contributed by atoms with Crippen molar-refractivity contribution in [3.05, 3.63) is 63.6 Å². The van der Waals surface area contributed by atoms with Gasteiger partial charge in [-0.05, 0) is 81.3 Å². The standard InChI is InChI=1S/C25H31BrN2O4/c1-17-14-18(9-12-21(17)32-24(2,3)22(29)30)6-5-13-25(16-27-23(31)28(25)4)15-19-7-10-20(26)11-8-19/h7-12,14H,5-6,13,15-16H2,1-4H3,(H,27,31)(H,29,30). The van der Waals surface area contributed by atoms with Crippen LogP contribution >= 0.6 is 15.9 Å². The number of aliphatic carboxylic acids is 1. The maximum Gasteiger partial charge on any atom is 0.347 e. The number of carbonyl (C=O) groups excluding carboxylic acids is 1. The van der Waals surface area contributed by atoms with Gasteiger partial charge in [-0.2, -0.15) is 0 Å². The van der Waals surface area contributed by atoms with Crippen molar-refractivity contribution in [2.24, 2.45) is 0 Å². The summed E-state index contributed by atoms with van der Waals surface area (Å²) >= 11 is 3.48. The van der Waals surface area contributed by atoms with Gasteiger partial charge in [-0.15, -0.1) is 0 Å². The van der Waals surface area contributed by atoms with E-state index in [0.717, 1.165) is 35.7 Å². The quantitative estimate of drug-likeness (QED) is 0.507. The summed E-state index contributed by atoms with van der Waals surface area (Å²) < 4.78 is 6.74. The average Bonchev–Trinajstić information content (AvgIpc) is 3.00. The number of ether oxygens (including phenoxy) is 1. The molecule has 0 radical (unpaired) electrons. The van der Waals surface area contributed by atoms with Crippen molar-refractivity contribution in [2.75, 3.05) is 13.6 Å². The summed E-state index contributed by atoms with van der Waals surface area (Å²) in [6, 6.07) is 14.1. The molecule has 0 saturated carbocycles. The Balaban J connectivity index is 1.67. The average molecular weight is 503 g/mol. The first-order valence-corrected chi connectivity index (χ1v) is 11.6. The largest absolute Gasteiger partial charge is 0.478 e. The van der Waals surface area contributed by atoms with E-state index in [2.05, 4.69) is 39.4 Å². The molecule has 1 aliphatic rings. The number of halogens is 1. The van der Waals surface area contributed by atoms with E-state index in [1.165, 1.54) is 11.1 Å². The minimum absolute atomic E-state index is 0.0273. The number of urea groups is 1. The van der Waals surface area contributed by atoms with Gasteiger partial charge in [0.25, 0.3) is 0 Å². The second-order valence-electron chi connectivity index (χ2n) is 9.12. The molecule has 1 saturated heterocycles. The SMILES string of the molecule is Cc1cc(CCCC2(Cc3ccc(Br)cc3)CNC(=O)N2C)ccc1OC(C)(C)C(=O)O. The van der Waals surface area contributed by atoms with Crippen molar-refractivity contribution in [1.29, 1.82) is 0 Å². The Bertz CT molecular complexity index is 990. The molecule has 1 unspecified atom stereocenters. The zero-order valence-electron chi connectivity index (χ0n) is 19.1. The Kier molecular flexibility index (Phi) is 7.18. The second kappa shape index (κ2) is 9.53. The van der Waals surface area contributed by atoms with Crippen molar-refractivity contribution in [3.63, 3.8) is 0 Å². The smallest absolute Gasteiger partial charge is 0.347 e. The monoisotopic (exact) mass is 502 g/mol. The maximum absolute atomic E-state index is 12.3. The summed E-state index contributed by atoms with van der Waals surface area (Å²) in [6.07, 6.45) is 3.47. The van der Waals surface area contributed by atoms with E-state index < -0.39 is 11.6 Å². The Hall–Kier alpha value is -2.54. The molecule has 2 aromatic carbocycles. The predicted molar refractivity (Wildman–Crippen MR) is 128 cm³/mol. The van der Waals surface area contributed by atoms with Crippen LogP contribution in [0.15, 0.2) is 46.9 Å². The molecule has 32 heavy (non-hydrogen) atoms. The first kappa shape index (κ1) is 24.1. The Morgan fingerprint density at radius 3 is 2.44 bits per heavy atom. The van der Waals surface area contributed by atoms with Crippen LogP contribution in [0.5, 0.6) is 5.75 Å². The van der Waals surface area contributed by atoms with Gasteiger partial charge in [-0.1, -0.05) is 40.2 Å². The van der Waals surface area contributed by atoms with Crippen molar-refractivity contribution in [1.82, 2.24) is 10.2 Å². The third kappa shape index (κ3) is 5.44. The van der Waals surface area contributed by atoms with Gasteiger partial charge < -0.3 is 20.1 Å². The molecule has 2 amide bonds. The molecule has 0 aromatic heterocycles. The van der Waals surface area contributed by atoms with Crippen molar-refractivity contribution >= 4 is 27.9 Å². The van der Waals surface area contributed by atoms with Crippen LogP contribution < -0.4 is 10.1 Å². The number of carboxylic acid groups (broad SMARTS) is 1. The number of amides is 2. The minimum atomic E-state index is -1.28. The summed E-state index contributed by atoms with van der Waals surface area (Å²) in [5.74, 6) is -0.418. The van der Waals surface area contributed by atoms with Crippen LogP contribution in [0.3, 0.4) is 0 Å². The molecule has 1 fully saturated rings. The fraction of sp³-hybridized carbons (Fsp3) is 0.440. The van der Waals surface area contributed by atoms with Gasteiger partial charge in [0.15, 0.2) is 5.60 Å². The highest BCUT2D eigenvalue weighted by Gasteiger charge is 2.42. The summed E-state index contributed by atoms with van der Waals surface area (Å²) in [5.41, 5.74) is 1.75. The van der Waals surface area contributed by atoms with Crippen molar-refractivity contribution in [3.8, 4) is 5.75 Å². The number of carboxylic acids is 1. The first-order chi connectivity index (χ1) is 15.0. The Morgan fingerprint density at radius 2 is 1.88 bits per heavy atom. The van der Waals surface area contributed by atoms with Crippen LogP contribution in [0.1, 0.15) is 43.4 Å². The molecule has 172 valence electrons. The fourth-order valence-corrected chi connectivity index (χ4v) is 4.39. The lowest BCUT2D eigenvalue weighted by Gasteiger charge is -2.35. The van der Waals surface area contributed by atoms with Crippen LogP contribution in [0.4, 0.5) is 4.79 Å². The normalized spacial score (nSPS) is 18.5. The molecule has 2 N–H and O–H groups in total. The zero-order chi connectivity index (χ0) is 23.5. The van der Waals surface area contributed by atoms with Gasteiger partial charge in [-0.3, -0.25) is 0 Å². The minimum Gasteiger partial charge on any atom is -0.478 e. The van der Waals surface area contributed by atoms with Gasteiger partial charge in [0, 0.05) is 18.1 Å². The maximum atomic E-state index is 12.3. The number of hydrogen-bond donors (Lipinski definition) is 2. The number of likely N-dealkylation sites (N-methyl/N-ethyl adjacent to an activating group) is 1. The van der Waals surface area contributed by atoms with Crippen LogP contribution in [0, 0.1) is 6.92 Å². The third-order valence-corrected chi connectivity index (χ3v) is 6.79. The molecule has 0 aliphatic carbocycles. The Labute approximate surface area is 198 Å². The van der Waals surface area contributed by atoms with E-state index in [1.807, 2.05) is 43.1 Å². The lowest BCUT2D eigenvalue weighted by molar-refractivity contribution is -0.152. The van der Waals surface area contributed by atoms with Crippen molar-refractivity contribution < 1.29 is 19.4 Å². The topological polar surface area (TPSA) is 78.9 Å². The molecule has 2 aromatic rings. The van der Waals surface area contributed by atoms with E-state index >= 15 is 0 Å². The van der Waals surface area contributed by atoms with Gasteiger partial charge in [0.05, 0.1) is 5.54 Å². The van der Waals surface area contributed by atoms with E-state index in [1.54, 1.807) is 13.8 Å². The molecule has 0 spiro atoms. The molecule has 1 heterocycles. The summed E-state index contributed by atoms with van der Waals surface area (Å²) in [7, 11) is 1.88. The van der Waals surface area contributed by atoms with Crippen LogP contribution in [-0.4, -0.2) is 46.7 Å². The van der Waals surface area contributed by atoms with Crippen LogP contribution in [0.2, 0.25) is 0 Å². The lowest BCUT2D eigenvalue weighted by Crippen LogP contribution is -2.46. The fourth-order valence-electron chi connectivity index (χ4n) is 4.12. The highest BCUT2D eigenvalue weighted by atomic mass is 79.9. The van der Waals surface area contributed by atoms with Crippen LogP contribution in [-0.2, 0) is 17.6 Å². The van der Waals surface area contributed by atoms with Crippen molar-refractivity contribution in [2.45, 2.75) is 57.6 Å². The van der Waals surface area contributed by atoms with Gasteiger partial charge in [-0.25, -0.2) is 9.59 Å². The third-order valence-electron chi connectivity index (χ3n) is 6.26. The zero-order valence-corrected chi connectivity index (χ0v) is 20.7. The van der Waals surface area contributed by atoms with E-state index in [-0.39, 0.29) is 11.6 Å². The number of nitrogens with one attached hydrogen (secondary N) is 1. The molecular formula is C25H31BrN2O4. The molecular weight excluding hydrogens is 472 g/mol. The molecule has 0 bridgehead atoms. The highest BCUT2D eigenvalue weighted by molar-refractivity contribution is 9.10. The van der Waals surface area contributed by atoms with Crippen LogP contribution in [0.25, 0.3) is 0 Å². The molecule has 6 nitrogen and oxygen atoms in total. The highest BCUT2D eigenvalue weighted by Crippen LogP contribution is 2.31. The number of benzene rings is 2. The van der Waals surface area contributed by atoms with Gasteiger partial charge in [0.2, 0.25) is 0 Å². The van der Waals surface area contributed by atoms with E-state index in [9.17, 15) is 14.7 Å². The molecule has 7 heteroatoms. The lowest BCUT2D eigenvalue weighted by atomic mass is 9.85. The summed E-state index contributed by atoms with van der Waals surface area (Å²) in [4.78, 5) is 25.5. The second-order valence-corrected chi connectivity index (χ2v) is 10.0. The summed E-state index contributed by atoms with van der Waals surface area (Å²) in [6.45, 7) is 5.65. The number of rotatable bonds is 9. The number of nitrogens with zero attached hydrogens (tertiary/aromatic N) is 1.